The molecule has 9 heteroatoms. The lowest BCUT2D eigenvalue weighted by molar-refractivity contribution is -0.121. The van der Waals surface area contributed by atoms with Gasteiger partial charge in [0.15, 0.2) is 0 Å². The Labute approximate surface area is 197 Å². The fraction of sp³-hybridized carbons (Fsp3) is 0.391. The molecule has 32 heavy (non-hydrogen) atoms. The molecule has 2 aromatic heterocycles. The van der Waals surface area contributed by atoms with Gasteiger partial charge in [0, 0.05) is 29.6 Å². The largest absolute Gasteiger partial charge is 0.353 e. The predicted octanol–water partition coefficient (Wildman–Crippen LogP) is 4.40. The van der Waals surface area contributed by atoms with E-state index in [2.05, 4.69) is 5.32 Å². The Bertz CT molecular complexity index is 1130. The van der Waals surface area contributed by atoms with E-state index in [9.17, 15) is 13.2 Å². The van der Waals surface area contributed by atoms with Gasteiger partial charge < -0.3 is 5.32 Å². The predicted molar refractivity (Wildman–Crippen MR) is 131 cm³/mol. The number of thiazole rings is 1. The molecule has 1 fully saturated rings. The van der Waals surface area contributed by atoms with E-state index in [1.165, 1.54) is 0 Å². The summed E-state index contributed by atoms with van der Waals surface area (Å²) in [5.74, 6) is 0.144. The van der Waals surface area contributed by atoms with Gasteiger partial charge in [-0.15, -0.1) is 22.7 Å². The zero-order chi connectivity index (χ0) is 22.6. The Morgan fingerprint density at radius 2 is 1.91 bits per heavy atom. The Kier molecular flexibility index (Phi) is 7.40. The van der Waals surface area contributed by atoms with Gasteiger partial charge in [-0.2, -0.15) is 0 Å². The summed E-state index contributed by atoms with van der Waals surface area (Å²) < 4.78 is 26.1. The minimum atomic E-state index is -3.17. The molecule has 170 valence electrons. The zero-order valence-corrected chi connectivity index (χ0v) is 20.4. The summed E-state index contributed by atoms with van der Waals surface area (Å²) in [4.78, 5) is 19.7. The highest BCUT2D eigenvalue weighted by Gasteiger charge is 2.28. The maximum Gasteiger partial charge on any atom is 0.225 e. The van der Waals surface area contributed by atoms with Crippen molar-refractivity contribution in [2.75, 3.05) is 18.8 Å². The molecule has 1 N–H and O–H groups in total. The highest BCUT2D eigenvalue weighted by Crippen LogP contribution is 2.36. The number of rotatable bonds is 8. The Morgan fingerprint density at radius 1 is 1.16 bits per heavy atom. The SMILES string of the molecule is CCCS(=O)(=O)N1CCC(NC(=O)Cc2sc(-c3ccccc3)nc2-c2cccs2)CC1. The van der Waals surface area contributed by atoms with Crippen LogP contribution in [-0.4, -0.2) is 48.5 Å². The summed E-state index contributed by atoms with van der Waals surface area (Å²) in [5.41, 5.74) is 1.92. The summed E-state index contributed by atoms with van der Waals surface area (Å²) in [6, 6.07) is 14.0. The van der Waals surface area contributed by atoms with Crippen molar-refractivity contribution in [1.29, 1.82) is 0 Å². The van der Waals surface area contributed by atoms with Gasteiger partial charge in [0.1, 0.15) is 5.01 Å². The van der Waals surface area contributed by atoms with Crippen molar-refractivity contribution in [3.8, 4) is 21.1 Å². The van der Waals surface area contributed by atoms with E-state index in [0.29, 0.717) is 32.4 Å². The zero-order valence-electron chi connectivity index (χ0n) is 18.0. The van der Waals surface area contributed by atoms with E-state index in [1.54, 1.807) is 27.0 Å². The van der Waals surface area contributed by atoms with Crippen LogP contribution in [0, 0.1) is 0 Å². The summed E-state index contributed by atoms with van der Waals surface area (Å²) in [6.07, 6.45) is 2.17. The van der Waals surface area contributed by atoms with E-state index >= 15 is 0 Å². The number of carbonyl (C=O) groups is 1. The first-order chi connectivity index (χ1) is 15.5. The molecule has 1 aliphatic rings. The van der Waals surface area contributed by atoms with E-state index in [-0.39, 0.29) is 24.1 Å². The number of carbonyl (C=O) groups excluding carboxylic acids is 1. The number of hydrogen-bond donors (Lipinski definition) is 1. The standard InChI is InChI=1S/C23H27N3O3S3/c1-2-15-32(28,29)26-12-10-18(11-13-26)24-21(27)16-20-22(19-9-6-14-30-19)25-23(31-20)17-7-4-3-5-8-17/h3-9,14,18H,2,10-13,15-16H2,1H3,(H,24,27). The van der Waals surface area contributed by atoms with Crippen LogP contribution in [0.25, 0.3) is 21.1 Å². The number of nitrogens with zero attached hydrogens (tertiary/aromatic N) is 2. The van der Waals surface area contributed by atoms with E-state index in [4.69, 9.17) is 4.98 Å². The third-order valence-electron chi connectivity index (χ3n) is 5.47. The number of thiophene rings is 1. The maximum atomic E-state index is 12.9. The van der Waals surface area contributed by atoms with Crippen molar-refractivity contribution in [3.63, 3.8) is 0 Å². The van der Waals surface area contributed by atoms with Gasteiger partial charge >= 0.3 is 0 Å². The molecule has 0 saturated carbocycles. The number of sulfonamides is 1. The van der Waals surface area contributed by atoms with Gasteiger partial charge in [-0.25, -0.2) is 17.7 Å². The van der Waals surface area contributed by atoms with Crippen molar-refractivity contribution < 1.29 is 13.2 Å². The van der Waals surface area contributed by atoms with E-state index < -0.39 is 10.0 Å². The minimum absolute atomic E-state index is 0.00211. The van der Waals surface area contributed by atoms with Crippen LogP contribution in [0.3, 0.4) is 0 Å². The van der Waals surface area contributed by atoms with Gasteiger partial charge in [-0.1, -0.05) is 43.3 Å². The molecule has 1 aliphatic heterocycles. The van der Waals surface area contributed by atoms with Crippen LogP contribution in [0.4, 0.5) is 0 Å². The molecule has 0 unspecified atom stereocenters. The molecular formula is C23H27N3O3S3. The second-order valence-electron chi connectivity index (χ2n) is 7.87. The van der Waals surface area contributed by atoms with Crippen molar-refractivity contribution in [1.82, 2.24) is 14.6 Å². The molecule has 0 spiro atoms. The van der Waals surface area contributed by atoms with Crippen LogP contribution in [0.5, 0.6) is 0 Å². The first-order valence-electron chi connectivity index (χ1n) is 10.8. The Hall–Kier alpha value is -2.07. The molecule has 6 nitrogen and oxygen atoms in total. The first kappa shape index (κ1) is 23.1. The smallest absolute Gasteiger partial charge is 0.225 e. The van der Waals surface area contributed by atoms with Gasteiger partial charge in [-0.05, 0) is 30.7 Å². The summed E-state index contributed by atoms with van der Waals surface area (Å²) in [6.45, 7) is 2.80. The van der Waals surface area contributed by atoms with Gasteiger partial charge in [0.25, 0.3) is 0 Å². The van der Waals surface area contributed by atoms with E-state index in [1.807, 2.05) is 54.8 Å². The number of nitrogens with one attached hydrogen (secondary N) is 1. The fourth-order valence-electron chi connectivity index (χ4n) is 3.87. The summed E-state index contributed by atoms with van der Waals surface area (Å²) in [5, 5.41) is 6.04. The lowest BCUT2D eigenvalue weighted by Crippen LogP contribution is -2.47. The van der Waals surface area contributed by atoms with Crippen molar-refractivity contribution in [3.05, 3.63) is 52.7 Å². The lowest BCUT2D eigenvalue weighted by Gasteiger charge is -2.31. The topological polar surface area (TPSA) is 79.4 Å². The first-order valence-corrected chi connectivity index (χ1v) is 14.1. The Morgan fingerprint density at radius 3 is 2.56 bits per heavy atom. The number of piperidine rings is 1. The van der Waals surface area contributed by atoms with Crippen LogP contribution in [0.2, 0.25) is 0 Å². The minimum Gasteiger partial charge on any atom is -0.353 e. The molecule has 0 radical (unpaired) electrons. The lowest BCUT2D eigenvalue weighted by atomic mass is 10.1. The van der Waals surface area contributed by atoms with Crippen molar-refractivity contribution >= 4 is 38.6 Å². The molecule has 0 aliphatic carbocycles. The average Bonchev–Trinajstić information content (AvgIpc) is 3.45. The third-order valence-corrected chi connectivity index (χ3v) is 9.53. The quantitative estimate of drug-likeness (QED) is 0.509. The monoisotopic (exact) mass is 489 g/mol. The Balaban J connectivity index is 1.43. The normalized spacial score (nSPS) is 15.7. The number of hydrogen-bond acceptors (Lipinski definition) is 6. The van der Waals surface area contributed by atoms with Gasteiger partial charge in [0.2, 0.25) is 15.9 Å². The van der Waals surface area contributed by atoms with Crippen LogP contribution in [-0.2, 0) is 21.2 Å². The van der Waals surface area contributed by atoms with Crippen LogP contribution in [0.1, 0.15) is 31.1 Å². The second kappa shape index (κ2) is 10.2. The van der Waals surface area contributed by atoms with Crippen molar-refractivity contribution in [2.24, 2.45) is 0 Å². The fourth-order valence-corrected chi connectivity index (χ4v) is 7.30. The van der Waals surface area contributed by atoms with Crippen molar-refractivity contribution in [2.45, 2.75) is 38.6 Å². The summed E-state index contributed by atoms with van der Waals surface area (Å²) >= 11 is 3.18. The number of amides is 1. The maximum absolute atomic E-state index is 12.9. The van der Waals surface area contributed by atoms with Crippen LogP contribution >= 0.6 is 22.7 Å². The van der Waals surface area contributed by atoms with Crippen LogP contribution < -0.4 is 5.32 Å². The van der Waals surface area contributed by atoms with Gasteiger partial charge in [-0.3, -0.25) is 4.79 Å². The molecule has 3 heterocycles. The average molecular weight is 490 g/mol. The highest BCUT2D eigenvalue weighted by atomic mass is 32.2. The number of aromatic nitrogens is 1. The highest BCUT2D eigenvalue weighted by molar-refractivity contribution is 7.89. The molecule has 3 aromatic rings. The molecule has 4 rings (SSSR count). The number of benzene rings is 1. The molecule has 0 bridgehead atoms. The summed E-state index contributed by atoms with van der Waals surface area (Å²) in [7, 11) is -3.17. The third kappa shape index (κ3) is 5.46. The molecular weight excluding hydrogens is 462 g/mol. The molecule has 1 aromatic carbocycles. The molecule has 0 atom stereocenters. The second-order valence-corrected chi connectivity index (χ2v) is 12.0. The van der Waals surface area contributed by atoms with Crippen LogP contribution in [0.15, 0.2) is 47.8 Å². The molecule has 1 amide bonds. The van der Waals surface area contributed by atoms with Gasteiger partial charge in [0.05, 0.1) is 22.7 Å². The van der Waals surface area contributed by atoms with E-state index in [0.717, 1.165) is 26.0 Å². The molecule has 1 saturated heterocycles.